The summed E-state index contributed by atoms with van der Waals surface area (Å²) in [5, 5.41) is 5.68. The van der Waals surface area contributed by atoms with Crippen LogP contribution in [0.1, 0.15) is 11.3 Å². The van der Waals surface area contributed by atoms with Crippen LogP contribution in [0.5, 0.6) is 23.0 Å². The SMILES string of the molecule is COc1ccc(-c2nc(CC(=O)NCc3ccc(Oc4ccccc4)cc3)cs2)cc1OC. The number of thiazole rings is 1. The van der Waals surface area contributed by atoms with Gasteiger partial charge in [-0.1, -0.05) is 30.3 Å². The number of nitrogens with zero attached hydrogens (tertiary/aromatic N) is 1. The van der Waals surface area contributed by atoms with Crippen LogP contribution < -0.4 is 19.5 Å². The lowest BCUT2D eigenvalue weighted by molar-refractivity contribution is -0.120. The molecule has 1 heterocycles. The van der Waals surface area contributed by atoms with Gasteiger partial charge >= 0.3 is 0 Å². The van der Waals surface area contributed by atoms with Gasteiger partial charge in [0, 0.05) is 17.5 Å². The number of carbonyl (C=O) groups is 1. The molecule has 168 valence electrons. The number of aromatic nitrogens is 1. The summed E-state index contributed by atoms with van der Waals surface area (Å²) in [6.07, 6.45) is 0.221. The van der Waals surface area contributed by atoms with E-state index in [9.17, 15) is 4.79 Å². The van der Waals surface area contributed by atoms with Crippen LogP contribution in [-0.2, 0) is 17.8 Å². The van der Waals surface area contributed by atoms with Crippen LogP contribution >= 0.6 is 11.3 Å². The molecule has 0 spiro atoms. The zero-order chi connectivity index (χ0) is 23.0. The molecule has 0 unspecified atom stereocenters. The molecule has 3 aromatic carbocycles. The predicted octanol–water partition coefficient (Wildman–Crippen LogP) is 5.48. The van der Waals surface area contributed by atoms with Gasteiger partial charge in [-0.3, -0.25) is 4.79 Å². The Kier molecular flexibility index (Phi) is 7.22. The highest BCUT2D eigenvalue weighted by Crippen LogP contribution is 2.33. The largest absolute Gasteiger partial charge is 0.493 e. The molecule has 4 rings (SSSR count). The van der Waals surface area contributed by atoms with E-state index in [0.717, 1.165) is 33.3 Å². The monoisotopic (exact) mass is 460 g/mol. The molecule has 6 nitrogen and oxygen atoms in total. The lowest BCUT2D eigenvalue weighted by Crippen LogP contribution is -2.24. The molecule has 1 aromatic heterocycles. The Balaban J connectivity index is 1.30. The predicted molar refractivity (Wildman–Crippen MR) is 129 cm³/mol. The Bertz CT molecular complexity index is 1210. The van der Waals surface area contributed by atoms with Gasteiger partial charge in [0.1, 0.15) is 16.5 Å². The summed E-state index contributed by atoms with van der Waals surface area (Å²) in [5.41, 5.74) is 2.64. The van der Waals surface area contributed by atoms with E-state index in [1.807, 2.05) is 78.2 Å². The Morgan fingerprint density at radius 2 is 1.64 bits per heavy atom. The summed E-state index contributed by atoms with van der Waals surface area (Å²) in [5.74, 6) is 2.77. The highest BCUT2D eigenvalue weighted by Gasteiger charge is 2.12. The first kappa shape index (κ1) is 22.4. The second kappa shape index (κ2) is 10.7. The molecule has 7 heteroatoms. The Morgan fingerprint density at radius 3 is 2.36 bits per heavy atom. The normalized spacial score (nSPS) is 10.5. The number of hydrogen-bond acceptors (Lipinski definition) is 6. The van der Waals surface area contributed by atoms with E-state index in [4.69, 9.17) is 14.2 Å². The van der Waals surface area contributed by atoms with Gasteiger partial charge in [-0.2, -0.15) is 0 Å². The van der Waals surface area contributed by atoms with Gasteiger partial charge in [0.25, 0.3) is 0 Å². The van der Waals surface area contributed by atoms with Gasteiger partial charge in [0.15, 0.2) is 11.5 Å². The Morgan fingerprint density at radius 1 is 0.909 bits per heavy atom. The molecule has 0 fully saturated rings. The van der Waals surface area contributed by atoms with E-state index in [1.54, 1.807) is 14.2 Å². The van der Waals surface area contributed by atoms with Gasteiger partial charge in [-0.05, 0) is 48.0 Å². The molecule has 0 saturated heterocycles. The number of hydrogen-bond donors (Lipinski definition) is 1. The van der Waals surface area contributed by atoms with Gasteiger partial charge in [0.05, 0.1) is 26.3 Å². The quantitative estimate of drug-likeness (QED) is 0.358. The van der Waals surface area contributed by atoms with Gasteiger partial charge in [0.2, 0.25) is 5.91 Å². The fourth-order valence-electron chi connectivity index (χ4n) is 3.22. The third kappa shape index (κ3) is 5.90. The lowest BCUT2D eigenvalue weighted by atomic mass is 10.2. The smallest absolute Gasteiger partial charge is 0.226 e. The molecule has 1 N–H and O–H groups in total. The third-order valence-corrected chi connectivity index (χ3v) is 5.86. The van der Waals surface area contributed by atoms with Crippen molar-refractivity contribution in [3.05, 3.63) is 89.4 Å². The van der Waals surface area contributed by atoms with Crippen LogP contribution in [0.3, 0.4) is 0 Å². The van der Waals surface area contributed by atoms with E-state index in [-0.39, 0.29) is 12.3 Å². The Labute approximate surface area is 196 Å². The summed E-state index contributed by atoms with van der Waals surface area (Å²) in [4.78, 5) is 17.0. The van der Waals surface area contributed by atoms with Crippen LogP contribution in [0.2, 0.25) is 0 Å². The first-order valence-corrected chi connectivity index (χ1v) is 11.3. The molecule has 0 aliphatic heterocycles. The minimum absolute atomic E-state index is 0.0798. The van der Waals surface area contributed by atoms with Crippen molar-refractivity contribution in [2.75, 3.05) is 14.2 Å². The molecule has 1 amide bonds. The highest BCUT2D eigenvalue weighted by molar-refractivity contribution is 7.13. The van der Waals surface area contributed by atoms with Crippen LogP contribution in [0.15, 0.2) is 78.2 Å². The third-order valence-electron chi connectivity index (χ3n) is 4.92. The van der Waals surface area contributed by atoms with Crippen molar-refractivity contribution >= 4 is 17.2 Å². The summed E-state index contributed by atoms with van der Waals surface area (Å²) >= 11 is 1.49. The number of rotatable bonds is 9. The molecule has 0 atom stereocenters. The molecule has 0 aliphatic rings. The van der Waals surface area contributed by atoms with E-state index >= 15 is 0 Å². The van der Waals surface area contributed by atoms with Crippen molar-refractivity contribution in [1.29, 1.82) is 0 Å². The minimum atomic E-state index is -0.0798. The van der Waals surface area contributed by atoms with Gasteiger partial charge in [-0.25, -0.2) is 4.98 Å². The summed E-state index contributed by atoms with van der Waals surface area (Å²) in [6.45, 7) is 0.442. The fraction of sp³-hybridized carbons (Fsp3) is 0.154. The van der Waals surface area contributed by atoms with Crippen molar-refractivity contribution in [3.8, 4) is 33.6 Å². The number of nitrogens with one attached hydrogen (secondary N) is 1. The van der Waals surface area contributed by atoms with Gasteiger partial charge < -0.3 is 19.5 Å². The molecule has 0 bridgehead atoms. The number of carbonyl (C=O) groups excluding carboxylic acids is 1. The van der Waals surface area contributed by atoms with E-state index in [0.29, 0.717) is 18.0 Å². The average Bonchev–Trinajstić information content (AvgIpc) is 3.32. The number of amides is 1. The van der Waals surface area contributed by atoms with Gasteiger partial charge in [-0.15, -0.1) is 11.3 Å². The van der Waals surface area contributed by atoms with Crippen LogP contribution in [0.4, 0.5) is 0 Å². The topological polar surface area (TPSA) is 69.7 Å². The summed E-state index contributed by atoms with van der Waals surface area (Å²) in [6, 6.07) is 22.9. The lowest BCUT2D eigenvalue weighted by Gasteiger charge is -2.08. The maximum atomic E-state index is 12.4. The zero-order valence-corrected chi connectivity index (χ0v) is 19.2. The molecule has 33 heavy (non-hydrogen) atoms. The molecular weight excluding hydrogens is 436 g/mol. The summed E-state index contributed by atoms with van der Waals surface area (Å²) < 4.78 is 16.4. The number of methoxy groups -OCH3 is 2. The maximum absolute atomic E-state index is 12.4. The first-order chi connectivity index (χ1) is 16.1. The highest BCUT2D eigenvalue weighted by atomic mass is 32.1. The maximum Gasteiger partial charge on any atom is 0.226 e. The average molecular weight is 461 g/mol. The second-order valence-electron chi connectivity index (χ2n) is 7.23. The van der Waals surface area contributed by atoms with Crippen LogP contribution in [0, 0.1) is 0 Å². The second-order valence-corrected chi connectivity index (χ2v) is 8.08. The van der Waals surface area contributed by atoms with Crippen molar-refractivity contribution in [2.24, 2.45) is 0 Å². The number of benzene rings is 3. The first-order valence-electron chi connectivity index (χ1n) is 10.4. The van der Waals surface area contributed by atoms with E-state index in [2.05, 4.69) is 10.3 Å². The number of ether oxygens (including phenoxy) is 3. The fourth-order valence-corrected chi connectivity index (χ4v) is 4.03. The standard InChI is InChI=1S/C26H24N2O4S/c1-30-23-13-10-19(14-24(23)31-2)26-28-20(17-33-26)15-25(29)27-16-18-8-11-22(12-9-18)32-21-6-4-3-5-7-21/h3-14,17H,15-16H2,1-2H3,(H,27,29). The van der Waals surface area contributed by atoms with Crippen LogP contribution in [0.25, 0.3) is 10.6 Å². The Hall–Kier alpha value is -3.84. The molecule has 0 saturated carbocycles. The molecule has 0 aliphatic carbocycles. The van der Waals surface area contributed by atoms with E-state index in [1.165, 1.54) is 11.3 Å². The van der Waals surface area contributed by atoms with Crippen molar-refractivity contribution < 1.29 is 19.0 Å². The molecular formula is C26H24N2O4S. The van der Waals surface area contributed by atoms with E-state index < -0.39 is 0 Å². The summed E-state index contributed by atoms with van der Waals surface area (Å²) in [7, 11) is 3.20. The molecule has 4 aromatic rings. The van der Waals surface area contributed by atoms with Crippen LogP contribution in [-0.4, -0.2) is 25.1 Å². The zero-order valence-electron chi connectivity index (χ0n) is 18.4. The van der Waals surface area contributed by atoms with Crippen molar-refractivity contribution in [3.63, 3.8) is 0 Å². The molecule has 0 radical (unpaired) electrons. The number of para-hydroxylation sites is 1. The van der Waals surface area contributed by atoms with Crippen molar-refractivity contribution in [1.82, 2.24) is 10.3 Å². The van der Waals surface area contributed by atoms with Crippen molar-refractivity contribution in [2.45, 2.75) is 13.0 Å². The minimum Gasteiger partial charge on any atom is -0.493 e.